The Hall–Kier alpha value is -1.62. The first-order valence-corrected chi connectivity index (χ1v) is 5.46. The van der Waals surface area contributed by atoms with Gasteiger partial charge in [-0.3, -0.25) is 4.79 Å². The molecule has 0 aliphatic rings. The second-order valence-corrected chi connectivity index (χ2v) is 3.73. The van der Waals surface area contributed by atoms with Crippen LogP contribution in [0.3, 0.4) is 0 Å². The Morgan fingerprint density at radius 3 is 3.00 bits per heavy atom. The van der Waals surface area contributed by atoms with E-state index >= 15 is 0 Å². The van der Waals surface area contributed by atoms with Crippen molar-refractivity contribution >= 4 is 29.2 Å². The highest BCUT2D eigenvalue weighted by Crippen LogP contribution is 2.13. The first-order chi connectivity index (χ1) is 7.72. The molecule has 0 saturated carbocycles. The highest BCUT2D eigenvalue weighted by molar-refractivity contribution is 7.71. The predicted octanol–water partition coefficient (Wildman–Crippen LogP) is 2.26. The van der Waals surface area contributed by atoms with E-state index in [1.807, 2.05) is 24.3 Å². The molecule has 2 rings (SSSR count). The number of rotatable bonds is 3. The standard InChI is InChI=1S/C11H12N2O2S/c1-2-15-10(14)7-13-9-6-4-3-5-8(9)12-11(13)16/h3-6H,2,7H2,1H3,(H,12,16). The first kappa shape index (κ1) is 10.9. The van der Waals surface area contributed by atoms with Crippen LogP contribution in [0.4, 0.5) is 0 Å². The number of para-hydroxylation sites is 2. The van der Waals surface area contributed by atoms with Gasteiger partial charge < -0.3 is 14.3 Å². The summed E-state index contributed by atoms with van der Waals surface area (Å²) in [5, 5.41) is 0. The van der Waals surface area contributed by atoms with Crippen molar-refractivity contribution in [2.24, 2.45) is 0 Å². The number of H-pyrrole nitrogens is 1. The molecule has 1 N–H and O–H groups in total. The Bertz CT molecular complexity index is 571. The third kappa shape index (κ3) is 1.99. The summed E-state index contributed by atoms with van der Waals surface area (Å²) in [6.45, 7) is 2.32. The molecule has 0 aliphatic carbocycles. The Morgan fingerprint density at radius 1 is 1.50 bits per heavy atom. The molecule has 0 fully saturated rings. The minimum absolute atomic E-state index is 0.149. The van der Waals surface area contributed by atoms with Crippen LogP contribution in [0.15, 0.2) is 24.3 Å². The summed E-state index contributed by atoms with van der Waals surface area (Å²) in [6.07, 6.45) is 0. The summed E-state index contributed by atoms with van der Waals surface area (Å²) in [4.78, 5) is 14.4. The topological polar surface area (TPSA) is 47.0 Å². The van der Waals surface area contributed by atoms with Gasteiger partial charge in [0.15, 0.2) is 4.77 Å². The lowest BCUT2D eigenvalue weighted by Crippen LogP contribution is -2.13. The van der Waals surface area contributed by atoms with Crippen molar-refractivity contribution in [3.8, 4) is 0 Å². The number of fused-ring (bicyclic) bond motifs is 1. The van der Waals surface area contributed by atoms with Crippen molar-refractivity contribution < 1.29 is 9.53 Å². The van der Waals surface area contributed by atoms with Gasteiger partial charge in [-0.15, -0.1) is 0 Å². The number of imidazole rings is 1. The number of hydrogen-bond donors (Lipinski definition) is 1. The monoisotopic (exact) mass is 236 g/mol. The van der Waals surface area contributed by atoms with Crippen molar-refractivity contribution in [3.05, 3.63) is 29.0 Å². The maximum Gasteiger partial charge on any atom is 0.326 e. The molecule has 0 unspecified atom stereocenters. The van der Waals surface area contributed by atoms with E-state index in [2.05, 4.69) is 4.98 Å². The molecule has 5 heteroatoms. The third-order valence-electron chi connectivity index (χ3n) is 2.27. The second-order valence-electron chi connectivity index (χ2n) is 3.34. The molecule has 1 aromatic heterocycles. The number of nitrogens with zero attached hydrogens (tertiary/aromatic N) is 1. The van der Waals surface area contributed by atoms with Crippen LogP contribution in [0.5, 0.6) is 0 Å². The number of esters is 1. The zero-order chi connectivity index (χ0) is 11.5. The van der Waals surface area contributed by atoms with Crippen LogP contribution >= 0.6 is 12.2 Å². The lowest BCUT2D eigenvalue weighted by molar-refractivity contribution is -0.143. The first-order valence-electron chi connectivity index (χ1n) is 5.05. The Morgan fingerprint density at radius 2 is 2.25 bits per heavy atom. The van der Waals surface area contributed by atoms with Crippen LogP contribution in [0.25, 0.3) is 11.0 Å². The largest absolute Gasteiger partial charge is 0.465 e. The molecule has 1 aromatic carbocycles. The number of aromatic amines is 1. The SMILES string of the molecule is CCOC(=O)Cn1c(=S)[nH]c2ccccc21. The molecule has 0 bridgehead atoms. The number of hydrogen-bond acceptors (Lipinski definition) is 3. The number of benzene rings is 1. The summed E-state index contributed by atoms with van der Waals surface area (Å²) in [6, 6.07) is 7.67. The zero-order valence-electron chi connectivity index (χ0n) is 8.90. The molecule has 0 amide bonds. The van der Waals surface area contributed by atoms with Gasteiger partial charge in [0, 0.05) is 0 Å². The van der Waals surface area contributed by atoms with Gasteiger partial charge in [0.25, 0.3) is 0 Å². The Balaban J connectivity index is 2.40. The van der Waals surface area contributed by atoms with Gasteiger partial charge in [-0.2, -0.15) is 0 Å². The van der Waals surface area contributed by atoms with Crippen molar-refractivity contribution in [1.29, 1.82) is 0 Å². The zero-order valence-corrected chi connectivity index (χ0v) is 9.71. The van der Waals surface area contributed by atoms with E-state index in [0.29, 0.717) is 11.4 Å². The molecule has 84 valence electrons. The van der Waals surface area contributed by atoms with Gasteiger partial charge in [0.05, 0.1) is 17.6 Å². The van der Waals surface area contributed by atoms with E-state index in [-0.39, 0.29) is 12.5 Å². The highest BCUT2D eigenvalue weighted by Gasteiger charge is 2.08. The fourth-order valence-electron chi connectivity index (χ4n) is 1.60. The molecular formula is C11H12N2O2S. The van der Waals surface area contributed by atoms with Gasteiger partial charge in [-0.25, -0.2) is 0 Å². The smallest absolute Gasteiger partial charge is 0.326 e. The normalized spacial score (nSPS) is 10.6. The van der Waals surface area contributed by atoms with E-state index in [1.54, 1.807) is 11.5 Å². The van der Waals surface area contributed by atoms with Crippen LogP contribution < -0.4 is 0 Å². The number of aromatic nitrogens is 2. The summed E-state index contributed by atoms with van der Waals surface area (Å²) < 4.78 is 7.17. The van der Waals surface area contributed by atoms with Crippen molar-refractivity contribution in [2.75, 3.05) is 6.61 Å². The average molecular weight is 236 g/mol. The summed E-state index contributed by atoms with van der Waals surface area (Å²) in [7, 11) is 0. The number of ether oxygens (including phenoxy) is 1. The number of carbonyl (C=O) groups excluding carboxylic acids is 1. The van der Waals surface area contributed by atoms with Gasteiger partial charge in [-0.05, 0) is 31.3 Å². The average Bonchev–Trinajstić information content (AvgIpc) is 2.56. The van der Waals surface area contributed by atoms with Crippen molar-refractivity contribution in [2.45, 2.75) is 13.5 Å². The third-order valence-corrected chi connectivity index (χ3v) is 2.60. The summed E-state index contributed by atoms with van der Waals surface area (Å²) in [5.41, 5.74) is 1.84. The summed E-state index contributed by atoms with van der Waals surface area (Å²) >= 11 is 5.16. The molecule has 0 aliphatic heterocycles. The molecule has 16 heavy (non-hydrogen) atoms. The maximum absolute atomic E-state index is 11.4. The highest BCUT2D eigenvalue weighted by atomic mass is 32.1. The molecule has 1 heterocycles. The van der Waals surface area contributed by atoms with Crippen molar-refractivity contribution in [3.63, 3.8) is 0 Å². The van der Waals surface area contributed by atoms with Crippen molar-refractivity contribution in [1.82, 2.24) is 9.55 Å². The van der Waals surface area contributed by atoms with Crippen LogP contribution in [0.2, 0.25) is 0 Å². The van der Waals surface area contributed by atoms with Gasteiger partial charge >= 0.3 is 5.97 Å². The number of carbonyl (C=O) groups is 1. The maximum atomic E-state index is 11.4. The fraction of sp³-hybridized carbons (Fsp3) is 0.273. The second kappa shape index (κ2) is 4.49. The predicted molar refractivity (Wildman–Crippen MR) is 63.8 cm³/mol. The van der Waals surface area contributed by atoms with Gasteiger partial charge in [0.2, 0.25) is 0 Å². The van der Waals surface area contributed by atoms with Gasteiger partial charge in [0.1, 0.15) is 6.54 Å². The lowest BCUT2D eigenvalue weighted by atomic mass is 10.3. The molecular weight excluding hydrogens is 224 g/mol. The van der Waals surface area contributed by atoms with E-state index in [9.17, 15) is 4.79 Å². The Labute approximate surface area is 97.8 Å². The van der Waals surface area contributed by atoms with E-state index in [4.69, 9.17) is 17.0 Å². The van der Waals surface area contributed by atoms with Crippen LogP contribution in [0, 0.1) is 4.77 Å². The van der Waals surface area contributed by atoms with Crippen LogP contribution in [-0.2, 0) is 16.1 Å². The minimum atomic E-state index is -0.275. The van der Waals surface area contributed by atoms with E-state index in [1.165, 1.54) is 0 Å². The fourth-order valence-corrected chi connectivity index (χ4v) is 1.87. The molecule has 0 atom stereocenters. The molecule has 2 aromatic rings. The number of nitrogens with one attached hydrogen (secondary N) is 1. The molecule has 0 saturated heterocycles. The van der Waals surface area contributed by atoms with Crippen LogP contribution in [-0.4, -0.2) is 22.1 Å². The molecule has 4 nitrogen and oxygen atoms in total. The Kier molecular flexibility index (Phi) is 3.05. The lowest BCUT2D eigenvalue weighted by Gasteiger charge is -2.03. The summed E-state index contributed by atoms with van der Waals surface area (Å²) in [5.74, 6) is -0.275. The van der Waals surface area contributed by atoms with E-state index < -0.39 is 0 Å². The van der Waals surface area contributed by atoms with Crippen LogP contribution in [0.1, 0.15) is 6.92 Å². The molecule has 0 radical (unpaired) electrons. The quantitative estimate of drug-likeness (QED) is 0.657. The minimum Gasteiger partial charge on any atom is -0.465 e. The van der Waals surface area contributed by atoms with E-state index in [0.717, 1.165) is 11.0 Å². The molecule has 0 spiro atoms. The van der Waals surface area contributed by atoms with Gasteiger partial charge in [-0.1, -0.05) is 12.1 Å².